The van der Waals surface area contributed by atoms with E-state index in [1.807, 2.05) is 0 Å². The zero-order valence-electron chi connectivity index (χ0n) is 14.9. The smallest absolute Gasteiger partial charge is 0.411 e. The Hall–Kier alpha value is -3.03. The van der Waals surface area contributed by atoms with Crippen molar-refractivity contribution in [2.24, 2.45) is 0 Å². The summed E-state index contributed by atoms with van der Waals surface area (Å²) in [5.41, 5.74) is -0.235. The van der Waals surface area contributed by atoms with E-state index in [0.717, 1.165) is 12.1 Å². The van der Waals surface area contributed by atoms with Gasteiger partial charge in [0.15, 0.2) is 0 Å². The minimum absolute atomic E-state index is 0.332. The van der Waals surface area contributed by atoms with Crippen LogP contribution in [0.1, 0.15) is 36.0 Å². The molecular formula is C20H19F3N2O3. The molecule has 1 aliphatic rings. The van der Waals surface area contributed by atoms with E-state index in [4.69, 9.17) is 4.74 Å². The number of carbonyl (C=O) groups is 2. The van der Waals surface area contributed by atoms with Crippen LogP contribution in [-0.4, -0.2) is 24.1 Å². The maximum Gasteiger partial charge on any atom is 0.411 e. The van der Waals surface area contributed by atoms with Crippen LogP contribution in [0.25, 0.3) is 0 Å². The van der Waals surface area contributed by atoms with Gasteiger partial charge in [0.05, 0.1) is 0 Å². The summed E-state index contributed by atoms with van der Waals surface area (Å²) >= 11 is 0. The number of amides is 2. The average Bonchev–Trinajstić information content (AvgIpc) is 2.64. The molecule has 5 nitrogen and oxygen atoms in total. The number of anilines is 1. The van der Waals surface area contributed by atoms with Gasteiger partial charge in [-0.25, -0.2) is 18.0 Å². The summed E-state index contributed by atoms with van der Waals surface area (Å²) in [4.78, 5) is 24.2. The first-order valence-corrected chi connectivity index (χ1v) is 8.90. The molecule has 28 heavy (non-hydrogen) atoms. The van der Waals surface area contributed by atoms with Gasteiger partial charge in [0.2, 0.25) is 0 Å². The highest BCUT2D eigenvalue weighted by atomic mass is 19.1. The molecule has 0 heterocycles. The van der Waals surface area contributed by atoms with Gasteiger partial charge >= 0.3 is 6.09 Å². The van der Waals surface area contributed by atoms with E-state index in [0.29, 0.717) is 31.4 Å². The Kier molecular flexibility index (Phi) is 6.18. The van der Waals surface area contributed by atoms with Crippen molar-refractivity contribution in [2.75, 3.05) is 5.32 Å². The lowest BCUT2D eigenvalue weighted by atomic mass is 9.92. The average molecular weight is 392 g/mol. The van der Waals surface area contributed by atoms with E-state index in [9.17, 15) is 22.8 Å². The normalized spacial score (nSPS) is 19.0. The molecule has 2 amide bonds. The summed E-state index contributed by atoms with van der Waals surface area (Å²) in [5, 5.41) is 5.10. The Balaban J connectivity index is 1.54. The number of hydrogen-bond donors (Lipinski definition) is 2. The predicted molar refractivity (Wildman–Crippen MR) is 96.4 cm³/mol. The van der Waals surface area contributed by atoms with Gasteiger partial charge in [-0.2, -0.15) is 0 Å². The second-order valence-corrected chi connectivity index (χ2v) is 6.59. The van der Waals surface area contributed by atoms with Crippen LogP contribution >= 0.6 is 0 Å². The molecule has 2 aromatic rings. The van der Waals surface area contributed by atoms with Crippen LogP contribution in [0.4, 0.5) is 23.7 Å². The first-order chi connectivity index (χ1) is 13.4. The van der Waals surface area contributed by atoms with Gasteiger partial charge in [0.25, 0.3) is 5.91 Å². The van der Waals surface area contributed by atoms with Crippen LogP contribution < -0.4 is 10.6 Å². The topological polar surface area (TPSA) is 67.4 Å². The van der Waals surface area contributed by atoms with Crippen LogP contribution in [0.2, 0.25) is 0 Å². The Morgan fingerprint density at radius 2 is 1.64 bits per heavy atom. The Bertz CT molecular complexity index is 838. The number of ether oxygens (including phenoxy) is 1. The molecule has 0 aromatic heterocycles. The molecule has 0 unspecified atom stereocenters. The summed E-state index contributed by atoms with van der Waals surface area (Å²) in [5.74, 6) is -3.12. The monoisotopic (exact) mass is 392 g/mol. The van der Waals surface area contributed by atoms with Crippen LogP contribution in [-0.2, 0) is 4.74 Å². The van der Waals surface area contributed by atoms with Crippen molar-refractivity contribution >= 4 is 17.7 Å². The SMILES string of the molecule is O=C(Nc1ccc(F)cc1)O[C@H]1CCC[C@@H](NC(=O)c2c(F)cccc2F)C1. The summed E-state index contributed by atoms with van der Waals surface area (Å²) in [6.07, 6.45) is 1.09. The van der Waals surface area contributed by atoms with E-state index in [1.54, 1.807) is 0 Å². The number of rotatable bonds is 4. The highest BCUT2D eigenvalue weighted by molar-refractivity contribution is 5.95. The lowest BCUT2D eigenvalue weighted by Crippen LogP contribution is -2.41. The van der Waals surface area contributed by atoms with Crippen LogP contribution in [0, 0.1) is 17.5 Å². The molecular weight excluding hydrogens is 373 g/mol. The fourth-order valence-corrected chi connectivity index (χ4v) is 3.19. The standard InChI is InChI=1S/C20H19F3N2O3/c21-12-7-9-13(10-8-12)25-20(27)28-15-4-1-3-14(11-15)24-19(26)18-16(22)5-2-6-17(18)23/h2,5-10,14-15H,1,3-4,11H2,(H,24,26)(H,25,27)/t14-,15+/m1/s1. The van der Waals surface area contributed by atoms with Crippen LogP contribution in [0.5, 0.6) is 0 Å². The van der Waals surface area contributed by atoms with Gasteiger partial charge in [-0.05, 0) is 55.7 Å². The van der Waals surface area contributed by atoms with Crippen molar-refractivity contribution in [1.82, 2.24) is 5.32 Å². The zero-order valence-corrected chi connectivity index (χ0v) is 14.9. The molecule has 0 spiro atoms. The maximum atomic E-state index is 13.7. The van der Waals surface area contributed by atoms with Crippen molar-refractivity contribution in [2.45, 2.75) is 37.8 Å². The van der Waals surface area contributed by atoms with E-state index in [-0.39, 0.29) is 6.04 Å². The molecule has 2 N–H and O–H groups in total. The number of halogens is 3. The molecule has 1 fully saturated rings. The third-order valence-corrected chi connectivity index (χ3v) is 4.52. The summed E-state index contributed by atoms with van der Waals surface area (Å²) in [7, 11) is 0. The lowest BCUT2D eigenvalue weighted by molar-refractivity contribution is 0.0710. The van der Waals surface area contributed by atoms with Gasteiger partial charge in [-0.3, -0.25) is 10.1 Å². The van der Waals surface area contributed by atoms with E-state index in [2.05, 4.69) is 10.6 Å². The highest BCUT2D eigenvalue weighted by Crippen LogP contribution is 2.23. The van der Waals surface area contributed by atoms with E-state index < -0.39 is 41.1 Å². The third-order valence-electron chi connectivity index (χ3n) is 4.52. The van der Waals surface area contributed by atoms with E-state index >= 15 is 0 Å². The van der Waals surface area contributed by atoms with E-state index in [1.165, 1.54) is 30.3 Å². The number of benzene rings is 2. The molecule has 0 bridgehead atoms. The van der Waals surface area contributed by atoms with Crippen LogP contribution in [0.15, 0.2) is 42.5 Å². The zero-order chi connectivity index (χ0) is 20.1. The molecule has 8 heteroatoms. The van der Waals surface area contributed by atoms with Crippen molar-refractivity contribution < 1.29 is 27.5 Å². The predicted octanol–water partition coefficient (Wildman–Crippen LogP) is 4.39. The molecule has 1 aliphatic carbocycles. The van der Waals surface area contributed by atoms with Gasteiger partial charge in [0, 0.05) is 18.2 Å². The van der Waals surface area contributed by atoms with Gasteiger partial charge in [0.1, 0.15) is 29.1 Å². The fourth-order valence-electron chi connectivity index (χ4n) is 3.19. The van der Waals surface area contributed by atoms with Gasteiger partial charge < -0.3 is 10.1 Å². The van der Waals surface area contributed by atoms with Crippen molar-refractivity contribution in [1.29, 1.82) is 0 Å². The first-order valence-electron chi connectivity index (χ1n) is 8.90. The molecule has 2 aromatic carbocycles. The molecule has 3 rings (SSSR count). The molecule has 0 radical (unpaired) electrons. The minimum Gasteiger partial charge on any atom is -0.446 e. The summed E-state index contributed by atoms with van der Waals surface area (Å²) in [6.45, 7) is 0. The largest absolute Gasteiger partial charge is 0.446 e. The summed E-state index contributed by atoms with van der Waals surface area (Å²) in [6, 6.07) is 8.09. The van der Waals surface area contributed by atoms with Crippen LogP contribution in [0.3, 0.4) is 0 Å². The second kappa shape index (κ2) is 8.77. The number of hydrogen-bond acceptors (Lipinski definition) is 3. The third kappa shape index (κ3) is 5.03. The first kappa shape index (κ1) is 19.7. The molecule has 0 aliphatic heterocycles. The fraction of sp³-hybridized carbons (Fsp3) is 0.300. The molecule has 148 valence electrons. The number of nitrogens with one attached hydrogen (secondary N) is 2. The maximum absolute atomic E-state index is 13.7. The second-order valence-electron chi connectivity index (χ2n) is 6.59. The Morgan fingerprint density at radius 1 is 0.964 bits per heavy atom. The van der Waals surface area contributed by atoms with Crippen molar-refractivity contribution in [3.8, 4) is 0 Å². The molecule has 1 saturated carbocycles. The Morgan fingerprint density at radius 3 is 2.32 bits per heavy atom. The Labute approximate surface area is 159 Å². The minimum atomic E-state index is -0.931. The van der Waals surface area contributed by atoms with Gasteiger partial charge in [-0.1, -0.05) is 6.07 Å². The van der Waals surface area contributed by atoms with Crippen molar-refractivity contribution in [3.05, 3.63) is 65.5 Å². The quantitative estimate of drug-likeness (QED) is 0.811. The summed E-state index contributed by atoms with van der Waals surface area (Å²) < 4.78 is 45.7. The lowest BCUT2D eigenvalue weighted by Gasteiger charge is -2.29. The molecule has 2 atom stereocenters. The molecule has 0 saturated heterocycles. The highest BCUT2D eigenvalue weighted by Gasteiger charge is 2.28. The number of carbonyl (C=O) groups excluding carboxylic acids is 2. The van der Waals surface area contributed by atoms with Gasteiger partial charge in [-0.15, -0.1) is 0 Å². The van der Waals surface area contributed by atoms with Crippen molar-refractivity contribution in [3.63, 3.8) is 0 Å².